The monoisotopic (exact) mass is 280 g/mol. The Morgan fingerprint density at radius 1 is 1.40 bits per heavy atom. The van der Waals surface area contributed by atoms with E-state index in [0.717, 1.165) is 31.6 Å². The first-order chi connectivity index (χ1) is 9.56. The molecule has 1 aliphatic rings. The molecule has 2 rings (SSSR count). The minimum Gasteiger partial charge on any atom is -0.453 e. The zero-order chi connectivity index (χ0) is 14.5. The molecule has 1 fully saturated rings. The zero-order valence-electron chi connectivity index (χ0n) is 11.9. The minimum atomic E-state index is -0.383. The first-order valence-electron chi connectivity index (χ1n) is 6.88. The van der Waals surface area contributed by atoms with Crippen LogP contribution in [0.3, 0.4) is 0 Å². The number of piperidine rings is 1. The van der Waals surface area contributed by atoms with Gasteiger partial charge in [-0.3, -0.25) is 4.90 Å². The second kappa shape index (κ2) is 6.70. The summed E-state index contributed by atoms with van der Waals surface area (Å²) in [5, 5.41) is 2.86. The minimum absolute atomic E-state index is 0.103. The summed E-state index contributed by atoms with van der Waals surface area (Å²) in [5.41, 5.74) is 1.08. The number of halogens is 1. The molecule has 0 bridgehead atoms. The van der Waals surface area contributed by atoms with Crippen molar-refractivity contribution >= 4 is 6.09 Å². The van der Waals surface area contributed by atoms with Gasteiger partial charge in [-0.25, -0.2) is 9.18 Å². The number of methoxy groups -OCH3 is 1. The Morgan fingerprint density at radius 2 is 2.10 bits per heavy atom. The number of amides is 1. The van der Waals surface area contributed by atoms with Gasteiger partial charge in [0.25, 0.3) is 0 Å². The smallest absolute Gasteiger partial charge is 0.407 e. The maximum absolute atomic E-state index is 12.9. The summed E-state index contributed by atoms with van der Waals surface area (Å²) < 4.78 is 17.5. The number of alkyl carbamates (subject to hydrolysis) is 1. The lowest BCUT2D eigenvalue weighted by Gasteiger charge is -2.36. The molecular formula is C15H21FN2O2. The SMILES string of the molecule is COC(=O)NC1CC(C)CN(Cc2ccc(F)cc2)C1. The van der Waals surface area contributed by atoms with Crippen LogP contribution in [0.2, 0.25) is 0 Å². The van der Waals surface area contributed by atoms with E-state index in [1.54, 1.807) is 12.1 Å². The lowest BCUT2D eigenvalue weighted by Crippen LogP contribution is -2.49. The Labute approximate surface area is 118 Å². The Bertz CT molecular complexity index is 450. The zero-order valence-corrected chi connectivity index (χ0v) is 11.9. The maximum atomic E-state index is 12.9. The molecule has 0 spiro atoms. The van der Waals surface area contributed by atoms with Crippen LogP contribution in [-0.4, -0.2) is 37.2 Å². The molecule has 1 amide bonds. The molecule has 110 valence electrons. The highest BCUT2D eigenvalue weighted by Gasteiger charge is 2.26. The Morgan fingerprint density at radius 3 is 2.75 bits per heavy atom. The van der Waals surface area contributed by atoms with Crippen LogP contribution in [0.4, 0.5) is 9.18 Å². The molecular weight excluding hydrogens is 259 g/mol. The molecule has 0 aromatic heterocycles. The number of nitrogens with one attached hydrogen (secondary N) is 1. The molecule has 1 N–H and O–H groups in total. The van der Waals surface area contributed by atoms with Crippen LogP contribution in [0.5, 0.6) is 0 Å². The molecule has 1 saturated heterocycles. The highest BCUT2D eigenvalue weighted by molar-refractivity contribution is 5.67. The number of ether oxygens (including phenoxy) is 1. The average molecular weight is 280 g/mol. The van der Waals surface area contributed by atoms with Crippen LogP contribution < -0.4 is 5.32 Å². The normalized spacial score (nSPS) is 23.4. The molecule has 0 aliphatic carbocycles. The fraction of sp³-hybridized carbons (Fsp3) is 0.533. The summed E-state index contributed by atoms with van der Waals surface area (Å²) >= 11 is 0. The highest BCUT2D eigenvalue weighted by atomic mass is 19.1. The molecule has 2 unspecified atom stereocenters. The van der Waals surface area contributed by atoms with Crippen molar-refractivity contribution in [1.29, 1.82) is 0 Å². The van der Waals surface area contributed by atoms with Gasteiger partial charge >= 0.3 is 6.09 Å². The van der Waals surface area contributed by atoms with E-state index in [-0.39, 0.29) is 18.0 Å². The lowest BCUT2D eigenvalue weighted by atomic mass is 9.95. The summed E-state index contributed by atoms with van der Waals surface area (Å²) in [4.78, 5) is 13.6. The number of nitrogens with zero attached hydrogens (tertiary/aromatic N) is 1. The Hall–Kier alpha value is -1.62. The second-order valence-electron chi connectivity index (χ2n) is 5.49. The fourth-order valence-electron chi connectivity index (χ4n) is 2.77. The second-order valence-corrected chi connectivity index (χ2v) is 5.49. The molecule has 1 aliphatic heterocycles. The molecule has 0 saturated carbocycles. The quantitative estimate of drug-likeness (QED) is 0.924. The third-order valence-corrected chi connectivity index (χ3v) is 3.56. The summed E-state index contributed by atoms with van der Waals surface area (Å²) in [6.45, 7) is 4.71. The summed E-state index contributed by atoms with van der Waals surface area (Å²) in [7, 11) is 1.37. The van der Waals surface area contributed by atoms with Gasteiger partial charge in [0.05, 0.1) is 7.11 Å². The van der Waals surface area contributed by atoms with E-state index in [9.17, 15) is 9.18 Å². The molecule has 1 aromatic rings. The van der Waals surface area contributed by atoms with E-state index < -0.39 is 0 Å². The summed E-state index contributed by atoms with van der Waals surface area (Å²) in [6, 6.07) is 6.67. The van der Waals surface area contributed by atoms with Gasteiger partial charge in [-0.1, -0.05) is 19.1 Å². The van der Waals surface area contributed by atoms with Crippen molar-refractivity contribution in [3.8, 4) is 0 Å². The number of rotatable bonds is 3. The van der Waals surface area contributed by atoms with Crippen molar-refractivity contribution in [2.24, 2.45) is 5.92 Å². The standard InChI is InChI=1S/C15H21FN2O2/c1-11-7-14(17-15(19)20-2)10-18(8-11)9-12-3-5-13(16)6-4-12/h3-6,11,14H,7-10H2,1-2H3,(H,17,19). The van der Waals surface area contributed by atoms with Gasteiger partial charge in [0, 0.05) is 25.7 Å². The van der Waals surface area contributed by atoms with Gasteiger partial charge in [0.1, 0.15) is 5.82 Å². The fourth-order valence-corrected chi connectivity index (χ4v) is 2.77. The predicted octanol–water partition coefficient (Wildman–Crippen LogP) is 2.39. The molecule has 20 heavy (non-hydrogen) atoms. The van der Waals surface area contributed by atoms with Crippen LogP contribution in [-0.2, 0) is 11.3 Å². The first kappa shape index (κ1) is 14.8. The van der Waals surface area contributed by atoms with Crippen LogP contribution in [0.25, 0.3) is 0 Å². The van der Waals surface area contributed by atoms with Crippen molar-refractivity contribution in [3.05, 3.63) is 35.6 Å². The molecule has 1 aromatic carbocycles. The van der Waals surface area contributed by atoms with Gasteiger partial charge in [-0.05, 0) is 30.0 Å². The van der Waals surface area contributed by atoms with Gasteiger partial charge < -0.3 is 10.1 Å². The number of carbonyl (C=O) groups excluding carboxylic acids is 1. The summed E-state index contributed by atoms with van der Waals surface area (Å²) in [6.07, 6.45) is 0.570. The van der Waals surface area contributed by atoms with Crippen LogP contribution in [0, 0.1) is 11.7 Å². The molecule has 5 heteroatoms. The Kier molecular flexibility index (Phi) is 4.95. The summed E-state index contributed by atoms with van der Waals surface area (Å²) in [5.74, 6) is 0.289. The molecule has 0 radical (unpaired) electrons. The third-order valence-electron chi connectivity index (χ3n) is 3.56. The number of likely N-dealkylation sites (tertiary alicyclic amines) is 1. The highest BCUT2D eigenvalue weighted by Crippen LogP contribution is 2.19. The van der Waals surface area contributed by atoms with Gasteiger partial charge in [-0.2, -0.15) is 0 Å². The molecule has 1 heterocycles. The van der Waals surface area contributed by atoms with Crippen molar-refractivity contribution < 1.29 is 13.9 Å². The van der Waals surface area contributed by atoms with E-state index in [0.29, 0.717) is 5.92 Å². The maximum Gasteiger partial charge on any atom is 0.407 e. The van der Waals surface area contributed by atoms with Crippen molar-refractivity contribution in [2.75, 3.05) is 20.2 Å². The van der Waals surface area contributed by atoms with Crippen molar-refractivity contribution in [1.82, 2.24) is 10.2 Å². The van der Waals surface area contributed by atoms with E-state index >= 15 is 0 Å². The lowest BCUT2D eigenvalue weighted by molar-refractivity contribution is 0.126. The van der Waals surface area contributed by atoms with E-state index in [2.05, 4.69) is 21.9 Å². The Balaban J connectivity index is 1.93. The van der Waals surface area contributed by atoms with Crippen LogP contribution >= 0.6 is 0 Å². The molecule has 4 nitrogen and oxygen atoms in total. The largest absolute Gasteiger partial charge is 0.453 e. The topological polar surface area (TPSA) is 41.6 Å². The van der Waals surface area contributed by atoms with Crippen LogP contribution in [0.15, 0.2) is 24.3 Å². The van der Waals surface area contributed by atoms with E-state index in [1.807, 2.05) is 0 Å². The molecule has 2 atom stereocenters. The van der Waals surface area contributed by atoms with E-state index in [1.165, 1.54) is 19.2 Å². The number of benzene rings is 1. The van der Waals surface area contributed by atoms with E-state index in [4.69, 9.17) is 0 Å². The number of carbonyl (C=O) groups is 1. The first-order valence-corrected chi connectivity index (χ1v) is 6.88. The average Bonchev–Trinajstić information content (AvgIpc) is 2.40. The third kappa shape index (κ3) is 4.20. The van der Waals surface area contributed by atoms with Crippen molar-refractivity contribution in [3.63, 3.8) is 0 Å². The van der Waals surface area contributed by atoms with Crippen molar-refractivity contribution in [2.45, 2.75) is 25.9 Å². The van der Waals surface area contributed by atoms with Crippen LogP contribution in [0.1, 0.15) is 18.9 Å². The predicted molar refractivity (Wildman–Crippen MR) is 74.8 cm³/mol. The number of hydrogen-bond donors (Lipinski definition) is 1. The van der Waals surface area contributed by atoms with Gasteiger partial charge in [-0.15, -0.1) is 0 Å². The van der Waals surface area contributed by atoms with Gasteiger partial charge in [0.15, 0.2) is 0 Å². The van der Waals surface area contributed by atoms with Gasteiger partial charge in [0.2, 0.25) is 0 Å². The number of hydrogen-bond acceptors (Lipinski definition) is 3.